The molecule has 4 nitrogen and oxygen atoms in total. The van der Waals surface area contributed by atoms with Gasteiger partial charge in [-0.25, -0.2) is 0 Å². The molecule has 0 aromatic carbocycles. The molecular weight excluding hydrogens is 617 g/mol. The molecule has 8 rings (SSSR count). The second-order valence-electron chi connectivity index (χ2n) is 20.6. The quantitative estimate of drug-likeness (QED) is 0.251. The van der Waals surface area contributed by atoms with Gasteiger partial charge >= 0.3 is 0 Å². The van der Waals surface area contributed by atoms with Crippen LogP contribution in [0.25, 0.3) is 0 Å². The lowest BCUT2D eigenvalue weighted by Crippen LogP contribution is -2.51. The minimum Gasteiger partial charge on any atom is -0.393 e. The Hall–Kier alpha value is -0.970. The van der Waals surface area contributed by atoms with Crippen molar-refractivity contribution in [2.24, 2.45) is 69.0 Å². The van der Waals surface area contributed by atoms with E-state index in [1.54, 1.807) is 18.1 Å². The molecule has 0 aliphatic heterocycles. The average Bonchev–Trinajstić information content (AvgIpc) is 3.55. The number of hydrogen-bond acceptors (Lipinski definition) is 4. The lowest BCUT2D eigenvalue weighted by atomic mass is 9.47. The normalized spacial score (nSPS) is 52.2. The van der Waals surface area contributed by atoms with E-state index < -0.39 is 11.2 Å². The number of fused-ring (bicyclic) bond motifs is 10. The van der Waals surface area contributed by atoms with Gasteiger partial charge in [-0.1, -0.05) is 65.8 Å². The zero-order valence-corrected chi connectivity index (χ0v) is 31.9. The van der Waals surface area contributed by atoms with E-state index in [1.807, 2.05) is 20.8 Å². The molecule has 0 saturated heterocycles. The van der Waals surface area contributed by atoms with E-state index >= 15 is 0 Å². The number of aliphatic hydroxyl groups is 3. The van der Waals surface area contributed by atoms with Crippen LogP contribution in [-0.2, 0) is 4.79 Å². The van der Waals surface area contributed by atoms with Crippen LogP contribution in [0, 0.1) is 69.0 Å². The van der Waals surface area contributed by atoms with Crippen LogP contribution in [0.15, 0.2) is 23.3 Å². The lowest BCUT2D eigenvalue weighted by molar-refractivity contribution is -0.125. The fourth-order valence-corrected chi connectivity index (χ4v) is 14.9. The van der Waals surface area contributed by atoms with Gasteiger partial charge in [0.1, 0.15) is 5.78 Å². The van der Waals surface area contributed by atoms with Crippen molar-refractivity contribution in [2.45, 2.75) is 190 Å². The number of aliphatic hydroxyl groups excluding tert-OH is 1. The number of hydrogen-bond donors (Lipinski definition) is 3. The van der Waals surface area contributed by atoms with Crippen LogP contribution in [0.5, 0.6) is 0 Å². The van der Waals surface area contributed by atoms with E-state index in [-0.39, 0.29) is 32.3 Å². The van der Waals surface area contributed by atoms with Gasteiger partial charge in [-0.05, 0) is 194 Å². The molecule has 286 valence electrons. The first-order valence-electron chi connectivity index (χ1n) is 20.4. The highest BCUT2D eigenvalue weighted by molar-refractivity contribution is 5.79. The van der Waals surface area contributed by atoms with Gasteiger partial charge in [0.2, 0.25) is 0 Å². The summed E-state index contributed by atoms with van der Waals surface area (Å²) in [6.07, 6.45) is 23.3. The molecule has 0 radical (unpaired) electrons. The fraction of sp³-hybridized carbons (Fsp3) is 0.891. The summed E-state index contributed by atoms with van der Waals surface area (Å²) in [6, 6.07) is 0. The zero-order chi connectivity index (χ0) is 34.7. The van der Waals surface area contributed by atoms with Crippen LogP contribution >= 0.6 is 0 Å². The summed E-state index contributed by atoms with van der Waals surface area (Å²) in [5.74, 6) is 5.33. The number of allylic oxidation sites excluding steroid dienone is 4. The maximum Gasteiger partial charge on any atom is 0.133 e. The molecule has 8 aliphatic rings. The topological polar surface area (TPSA) is 77.8 Å². The molecule has 15 atom stereocenters. The average molecular weight is 695 g/mol. The molecule has 50 heavy (non-hydrogen) atoms. The minimum atomic E-state index is -0.464. The van der Waals surface area contributed by atoms with Crippen LogP contribution in [-0.4, -0.2) is 38.4 Å². The van der Waals surface area contributed by atoms with E-state index in [1.165, 1.54) is 44.9 Å². The molecule has 0 spiro atoms. The van der Waals surface area contributed by atoms with Crippen molar-refractivity contribution < 1.29 is 20.1 Å². The van der Waals surface area contributed by atoms with E-state index in [9.17, 15) is 20.1 Å². The summed E-state index contributed by atoms with van der Waals surface area (Å²) in [5, 5.41) is 31.4. The number of Topliss-reactive ketones (excluding diaryl/α,β-unsaturated/α-hetero) is 1. The summed E-state index contributed by atoms with van der Waals surface area (Å²) >= 11 is 0. The first kappa shape index (κ1) is 40.2. The van der Waals surface area contributed by atoms with E-state index in [0.29, 0.717) is 51.6 Å². The number of ketones is 1. The zero-order valence-electron chi connectivity index (χ0n) is 31.9. The van der Waals surface area contributed by atoms with Gasteiger partial charge in [0.25, 0.3) is 0 Å². The molecule has 0 aromatic rings. The third kappa shape index (κ3) is 6.18. The Bertz CT molecular complexity index is 1340. The highest BCUT2D eigenvalue weighted by atomic mass is 16.3. The third-order valence-corrected chi connectivity index (χ3v) is 17.8. The van der Waals surface area contributed by atoms with Crippen molar-refractivity contribution in [1.29, 1.82) is 0 Å². The van der Waals surface area contributed by atoms with E-state index in [2.05, 4.69) is 39.8 Å². The standard InChI is InChI=1S/C22H36O2.C22H34O2.2CH4/c2*1-14(23)17-7-8-18-16-6-5-15-13-20(2,24)11-12-21(15,3)19(16)9-10-22(17,18)4;;/h9,14-18,23-24H,5-8,10-13H2,1-4H3;9,15-18,24H,5-8,10-13H2,1-4H3;2*1H4/t14?,15-,16+,17-,18+,20-,21+,22-;15-,16+,17-,18+,20-,21+,22-;;/m11../s1. The lowest BCUT2D eigenvalue weighted by Gasteiger charge is -2.58. The summed E-state index contributed by atoms with van der Waals surface area (Å²) < 4.78 is 0. The highest BCUT2D eigenvalue weighted by Crippen LogP contribution is 2.68. The summed E-state index contributed by atoms with van der Waals surface area (Å²) in [6.45, 7) is 17.7. The van der Waals surface area contributed by atoms with E-state index in [0.717, 1.165) is 69.6 Å². The monoisotopic (exact) mass is 695 g/mol. The smallest absolute Gasteiger partial charge is 0.133 e. The van der Waals surface area contributed by atoms with Crippen molar-refractivity contribution in [2.75, 3.05) is 0 Å². The molecule has 0 bridgehead atoms. The minimum absolute atomic E-state index is 0. The number of rotatable bonds is 2. The Kier molecular flexibility index (Phi) is 10.8. The molecule has 8 aliphatic carbocycles. The summed E-state index contributed by atoms with van der Waals surface area (Å²) in [4.78, 5) is 12.2. The van der Waals surface area contributed by atoms with Crippen molar-refractivity contribution in [3.05, 3.63) is 23.3 Å². The first-order valence-corrected chi connectivity index (χ1v) is 20.4. The molecule has 4 heteroatoms. The van der Waals surface area contributed by atoms with E-state index in [4.69, 9.17) is 0 Å². The highest BCUT2D eigenvalue weighted by Gasteiger charge is 2.60. The Morgan fingerprint density at radius 2 is 1.10 bits per heavy atom. The van der Waals surface area contributed by atoms with Crippen molar-refractivity contribution >= 4 is 5.78 Å². The molecule has 0 amide bonds. The van der Waals surface area contributed by atoms with Crippen LogP contribution in [0.3, 0.4) is 0 Å². The summed E-state index contributed by atoms with van der Waals surface area (Å²) in [5.41, 5.74) is 3.63. The number of carbonyl (C=O) groups is 1. The van der Waals surface area contributed by atoms with Gasteiger partial charge in [0, 0.05) is 5.92 Å². The maximum absolute atomic E-state index is 12.2. The molecule has 1 unspecified atom stereocenters. The number of carbonyl (C=O) groups excluding carboxylic acids is 1. The predicted octanol–water partition coefficient (Wildman–Crippen LogP) is 10.9. The third-order valence-electron chi connectivity index (χ3n) is 17.8. The van der Waals surface area contributed by atoms with Gasteiger partial charge in [0.05, 0.1) is 17.3 Å². The van der Waals surface area contributed by atoms with Crippen LogP contribution in [0.2, 0.25) is 0 Å². The van der Waals surface area contributed by atoms with Crippen molar-refractivity contribution in [3.63, 3.8) is 0 Å². The summed E-state index contributed by atoms with van der Waals surface area (Å²) in [7, 11) is 0. The SMILES string of the molecule is C.C.CC(=O)[C@H]1CC[C@H]2[C@@H]3CC[C@@H]4C[C@](C)(O)CC[C@]4(C)C3=CC[C@]12C.CC(O)[C@H]1CC[C@H]2[C@@H]3CC[C@@H]4C[C@](C)(O)CC[C@]4(C)C3=CC[C@]12C. The van der Waals surface area contributed by atoms with Crippen LogP contribution < -0.4 is 0 Å². The fourth-order valence-electron chi connectivity index (χ4n) is 14.9. The van der Waals surface area contributed by atoms with Gasteiger partial charge in [-0.2, -0.15) is 0 Å². The van der Waals surface area contributed by atoms with Gasteiger partial charge in [-0.3, -0.25) is 4.79 Å². The molecule has 0 heterocycles. The Labute approximate surface area is 307 Å². The second kappa shape index (κ2) is 13.4. The molecule has 3 N–H and O–H groups in total. The molecule has 6 fully saturated rings. The van der Waals surface area contributed by atoms with Gasteiger partial charge in [0.15, 0.2) is 0 Å². The second-order valence-corrected chi connectivity index (χ2v) is 20.6. The largest absolute Gasteiger partial charge is 0.393 e. The Morgan fingerprint density at radius 1 is 0.660 bits per heavy atom. The van der Waals surface area contributed by atoms with Crippen molar-refractivity contribution in [3.8, 4) is 0 Å². The van der Waals surface area contributed by atoms with Crippen LogP contribution in [0.1, 0.15) is 173 Å². The Morgan fingerprint density at radius 3 is 1.56 bits per heavy atom. The molecular formula is C46H78O4. The molecule has 6 saturated carbocycles. The first-order chi connectivity index (χ1) is 22.3. The Balaban J connectivity index is 0.000000187. The van der Waals surface area contributed by atoms with Gasteiger partial charge in [-0.15, -0.1) is 0 Å². The maximum atomic E-state index is 12.2. The predicted molar refractivity (Wildman–Crippen MR) is 207 cm³/mol. The van der Waals surface area contributed by atoms with Gasteiger partial charge < -0.3 is 15.3 Å². The van der Waals surface area contributed by atoms with Crippen molar-refractivity contribution in [1.82, 2.24) is 0 Å². The molecule has 0 aromatic heterocycles. The van der Waals surface area contributed by atoms with Crippen LogP contribution in [0.4, 0.5) is 0 Å².